The van der Waals surface area contributed by atoms with Gasteiger partial charge in [-0.25, -0.2) is 0 Å². The van der Waals surface area contributed by atoms with Crippen LogP contribution in [0.2, 0.25) is 0 Å². The summed E-state index contributed by atoms with van der Waals surface area (Å²) in [4.78, 5) is 0. The van der Waals surface area contributed by atoms with Crippen LogP contribution in [0.4, 0.5) is 0 Å². The molecule has 0 aliphatic heterocycles. The van der Waals surface area contributed by atoms with E-state index in [4.69, 9.17) is 0 Å². The molecule has 0 heteroatoms. The fourth-order valence-electron chi connectivity index (χ4n) is 3.04. The third-order valence-corrected chi connectivity index (χ3v) is 4.21. The Kier molecular flexibility index (Phi) is 2.63. The highest BCUT2D eigenvalue weighted by Crippen LogP contribution is 2.39. The topological polar surface area (TPSA) is 0 Å². The summed E-state index contributed by atoms with van der Waals surface area (Å²) in [5.41, 5.74) is 8.23. The van der Waals surface area contributed by atoms with Gasteiger partial charge in [0.1, 0.15) is 0 Å². The van der Waals surface area contributed by atoms with Crippen molar-refractivity contribution in [3.05, 3.63) is 69.8 Å². The van der Waals surface area contributed by atoms with E-state index in [-0.39, 0.29) is 5.41 Å². The van der Waals surface area contributed by atoms with Gasteiger partial charge in [0.2, 0.25) is 0 Å². The summed E-state index contributed by atoms with van der Waals surface area (Å²) in [5, 5.41) is 0. The lowest BCUT2D eigenvalue weighted by molar-refractivity contribution is 0.638. The average Bonchev–Trinajstić information content (AvgIpc) is 2.47. The molecule has 0 nitrogen and oxygen atoms in total. The van der Waals surface area contributed by atoms with Gasteiger partial charge in [0.25, 0.3) is 0 Å². The zero-order chi connectivity index (χ0) is 13.6. The van der Waals surface area contributed by atoms with Gasteiger partial charge >= 0.3 is 0 Å². The van der Waals surface area contributed by atoms with Crippen molar-refractivity contribution < 1.29 is 0 Å². The molecule has 2 aromatic carbocycles. The van der Waals surface area contributed by atoms with Gasteiger partial charge in [0, 0.05) is 5.41 Å². The molecule has 3 rings (SSSR count). The molecule has 96 valence electrons. The molecule has 0 aromatic heterocycles. The van der Waals surface area contributed by atoms with Crippen molar-refractivity contribution in [3.63, 3.8) is 0 Å². The SMILES string of the molecule is Cc1ccc2c(c1)C(C)(C)c1cc(C)ccc1C=C2. The number of hydrogen-bond acceptors (Lipinski definition) is 0. The Morgan fingerprint density at radius 2 is 1.11 bits per heavy atom. The molecule has 0 spiro atoms. The van der Waals surface area contributed by atoms with Crippen LogP contribution in [0, 0.1) is 13.8 Å². The van der Waals surface area contributed by atoms with Crippen molar-refractivity contribution in [1.29, 1.82) is 0 Å². The maximum Gasteiger partial charge on any atom is 0.0158 e. The summed E-state index contributed by atoms with van der Waals surface area (Å²) in [6.07, 6.45) is 4.50. The Bertz CT molecular complexity index is 615. The molecule has 1 aliphatic rings. The van der Waals surface area contributed by atoms with Crippen LogP contribution in [0.1, 0.15) is 47.2 Å². The second-order valence-corrected chi connectivity index (χ2v) is 6.14. The summed E-state index contributed by atoms with van der Waals surface area (Å²) in [6, 6.07) is 13.5. The summed E-state index contributed by atoms with van der Waals surface area (Å²) in [6.45, 7) is 9.00. The van der Waals surface area contributed by atoms with Crippen molar-refractivity contribution in [2.75, 3.05) is 0 Å². The standard InChI is InChI=1S/C19H20/c1-13-5-7-15-9-10-16-8-6-14(2)12-18(16)19(3,4)17(15)11-13/h5-12H,1-4H3. The van der Waals surface area contributed by atoms with Crippen molar-refractivity contribution >= 4 is 12.2 Å². The smallest absolute Gasteiger partial charge is 0.0158 e. The van der Waals surface area contributed by atoms with Gasteiger partial charge in [-0.3, -0.25) is 0 Å². The predicted molar refractivity (Wildman–Crippen MR) is 83.4 cm³/mol. The maximum absolute atomic E-state index is 2.33. The lowest BCUT2D eigenvalue weighted by atomic mass is 9.75. The van der Waals surface area contributed by atoms with E-state index in [2.05, 4.69) is 76.2 Å². The Morgan fingerprint density at radius 3 is 1.53 bits per heavy atom. The van der Waals surface area contributed by atoms with Gasteiger partial charge in [0.15, 0.2) is 0 Å². The fourth-order valence-corrected chi connectivity index (χ4v) is 3.04. The molecule has 0 heterocycles. The van der Waals surface area contributed by atoms with E-state index in [1.807, 2.05) is 0 Å². The van der Waals surface area contributed by atoms with Gasteiger partial charge in [-0.05, 0) is 36.1 Å². The molecule has 2 aromatic rings. The van der Waals surface area contributed by atoms with Gasteiger partial charge < -0.3 is 0 Å². The minimum Gasteiger partial charge on any atom is -0.0587 e. The first kappa shape index (κ1) is 12.2. The molecule has 0 radical (unpaired) electrons. The summed E-state index contributed by atoms with van der Waals surface area (Å²) >= 11 is 0. The van der Waals surface area contributed by atoms with Crippen molar-refractivity contribution in [2.24, 2.45) is 0 Å². The molecular weight excluding hydrogens is 228 g/mol. The molecule has 1 aliphatic carbocycles. The average molecular weight is 248 g/mol. The predicted octanol–water partition coefficient (Wildman–Crippen LogP) is 5.11. The number of fused-ring (bicyclic) bond motifs is 2. The van der Waals surface area contributed by atoms with Crippen LogP contribution in [0.25, 0.3) is 12.2 Å². The molecule has 0 unspecified atom stereocenters. The molecule has 0 saturated carbocycles. The summed E-state index contributed by atoms with van der Waals surface area (Å²) in [7, 11) is 0. The lowest BCUT2D eigenvalue weighted by Crippen LogP contribution is -2.21. The highest BCUT2D eigenvalue weighted by Gasteiger charge is 2.29. The molecule has 0 N–H and O–H groups in total. The molecule has 0 atom stereocenters. The zero-order valence-electron chi connectivity index (χ0n) is 12.1. The second-order valence-electron chi connectivity index (χ2n) is 6.14. The van der Waals surface area contributed by atoms with Crippen LogP contribution in [-0.4, -0.2) is 0 Å². The molecule has 0 bridgehead atoms. The molecule has 19 heavy (non-hydrogen) atoms. The zero-order valence-corrected chi connectivity index (χ0v) is 12.1. The first-order chi connectivity index (χ1) is 8.98. The Morgan fingerprint density at radius 1 is 0.684 bits per heavy atom. The summed E-state index contributed by atoms with van der Waals surface area (Å²) in [5.74, 6) is 0. The third kappa shape index (κ3) is 1.92. The first-order valence-electron chi connectivity index (χ1n) is 6.89. The van der Waals surface area contributed by atoms with E-state index in [9.17, 15) is 0 Å². The fraction of sp³-hybridized carbons (Fsp3) is 0.263. The maximum atomic E-state index is 2.33. The normalized spacial score (nSPS) is 15.6. The quantitative estimate of drug-likeness (QED) is 0.607. The van der Waals surface area contributed by atoms with E-state index < -0.39 is 0 Å². The minimum absolute atomic E-state index is 0.0478. The number of benzene rings is 2. The second kappa shape index (κ2) is 4.09. The van der Waals surface area contributed by atoms with Crippen LogP contribution < -0.4 is 0 Å². The van der Waals surface area contributed by atoms with E-state index in [0.717, 1.165) is 0 Å². The Balaban J connectivity index is 2.34. The minimum atomic E-state index is 0.0478. The number of rotatable bonds is 0. The highest BCUT2D eigenvalue weighted by molar-refractivity contribution is 5.77. The molecular formula is C19H20. The van der Waals surface area contributed by atoms with Crippen molar-refractivity contribution in [2.45, 2.75) is 33.1 Å². The molecule has 0 saturated heterocycles. The van der Waals surface area contributed by atoms with Gasteiger partial charge in [0.05, 0.1) is 0 Å². The first-order valence-corrected chi connectivity index (χ1v) is 6.89. The summed E-state index contributed by atoms with van der Waals surface area (Å²) < 4.78 is 0. The Labute approximate surface area is 115 Å². The number of aryl methyl sites for hydroxylation is 2. The van der Waals surface area contributed by atoms with Crippen LogP contribution >= 0.6 is 0 Å². The number of hydrogen-bond donors (Lipinski definition) is 0. The van der Waals surface area contributed by atoms with Crippen LogP contribution in [-0.2, 0) is 5.41 Å². The lowest BCUT2D eigenvalue weighted by Gasteiger charge is -2.29. The van der Waals surface area contributed by atoms with E-state index in [0.29, 0.717) is 0 Å². The monoisotopic (exact) mass is 248 g/mol. The van der Waals surface area contributed by atoms with Crippen LogP contribution in [0.15, 0.2) is 36.4 Å². The van der Waals surface area contributed by atoms with Crippen molar-refractivity contribution in [3.8, 4) is 0 Å². The molecule has 0 fully saturated rings. The van der Waals surface area contributed by atoms with E-state index in [1.54, 1.807) is 0 Å². The van der Waals surface area contributed by atoms with Crippen LogP contribution in [0.3, 0.4) is 0 Å². The highest BCUT2D eigenvalue weighted by atomic mass is 14.3. The third-order valence-electron chi connectivity index (χ3n) is 4.21. The van der Waals surface area contributed by atoms with E-state index in [1.165, 1.54) is 33.4 Å². The van der Waals surface area contributed by atoms with E-state index >= 15 is 0 Å². The molecule has 0 amide bonds. The Hall–Kier alpha value is -1.82. The van der Waals surface area contributed by atoms with Gasteiger partial charge in [-0.2, -0.15) is 0 Å². The van der Waals surface area contributed by atoms with Crippen molar-refractivity contribution in [1.82, 2.24) is 0 Å². The van der Waals surface area contributed by atoms with Gasteiger partial charge in [-0.1, -0.05) is 73.5 Å². The largest absolute Gasteiger partial charge is 0.0587 e. The van der Waals surface area contributed by atoms with Crippen LogP contribution in [0.5, 0.6) is 0 Å². The van der Waals surface area contributed by atoms with Gasteiger partial charge in [-0.15, -0.1) is 0 Å².